The normalized spacial score (nSPS) is 16.9. The van der Waals surface area contributed by atoms with Gasteiger partial charge in [0.2, 0.25) is 10.0 Å². The van der Waals surface area contributed by atoms with Crippen LogP contribution in [0, 0.1) is 5.82 Å². The molecule has 1 atom stereocenters. The van der Waals surface area contributed by atoms with Crippen LogP contribution in [-0.2, 0) is 10.0 Å². The zero-order chi connectivity index (χ0) is 23.0. The van der Waals surface area contributed by atoms with Gasteiger partial charge in [0.25, 0.3) is 0 Å². The molecule has 0 bridgehead atoms. The minimum atomic E-state index is -3.50. The zero-order valence-electron chi connectivity index (χ0n) is 18.4. The lowest BCUT2D eigenvalue weighted by Gasteiger charge is -2.28. The molecule has 1 aromatic heterocycles. The smallest absolute Gasteiger partial charge is 0.232 e. The Morgan fingerprint density at radius 1 is 1.25 bits per heavy atom. The number of halogens is 1. The van der Waals surface area contributed by atoms with E-state index in [0.717, 1.165) is 37.8 Å². The zero-order valence-corrected chi connectivity index (χ0v) is 19.3. The number of anilines is 1. The molecule has 0 radical (unpaired) electrons. The number of sulfonamides is 1. The molecular formula is C24H27FN2O4S. The van der Waals surface area contributed by atoms with Crippen LogP contribution in [0.2, 0.25) is 0 Å². The third-order valence-corrected chi connectivity index (χ3v) is 7.31. The SMILES string of the molecule is CCC(=O)c1c(-c2ccc(F)cc2)oc2cc(N(C)S(C)(=O)=O)c([C@@H]3CCCNC3)cc12. The van der Waals surface area contributed by atoms with E-state index >= 15 is 0 Å². The van der Waals surface area contributed by atoms with Gasteiger partial charge >= 0.3 is 0 Å². The van der Waals surface area contributed by atoms with Gasteiger partial charge in [-0.3, -0.25) is 9.10 Å². The summed E-state index contributed by atoms with van der Waals surface area (Å²) in [5, 5.41) is 4.03. The second-order valence-corrected chi connectivity index (χ2v) is 10.3. The van der Waals surface area contributed by atoms with E-state index < -0.39 is 10.0 Å². The summed E-state index contributed by atoms with van der Waals surface area (Å²) in [6.45, 7) is 3.44. The molecule has 6 nitrogen and oxygen atoms in total. The number of fused-ring (bicyclic) bond motifs is 1. The van der Waals surface area contributed by atoms with Crippen molar-refractivity contribution in [2.45, 2.75) is 32.1 Å². The van der Waals surface area contributed by atoms with E-state index in [1.807, 2.05) is 6.07 Å². The summed E-state index contributed by atoms with van der Waals surface area (Å²) in [4.78, 5) is 13.0. The maximum Gasteiger partial charge on any atom is 0.232 e. The van der Waals surface area contributed by atoms with Crippen molar-refractivity contribution in [3.8, 4) is 11.3 Å². The molecule has 170 valence electrons. The Labute approximate surface area is 187 Å². The van der Waals surface area contributed by atoms with Gasteiger partial charge in [0.05, 0.1) is 17.5 Å². The largest absolute Gasteiger partial charge is 0.455 e. The lowest BCUT2D eigenvalue weighted by molar-refractivity contribution is 0.0989. The predicted octanol–water partition coefficient (Wildman–Crippen LogP) is 4.69. The quantitative estimate of drug-likeness (QED) is 0.542. The van der Waals surface area contributed by atoms with Crippen molar-refractivity contribution < 1.29 is 22.0 Å². The number of hydrogen-bond donors (Lipinski definition) is 1. The molecule has 3 aromatic rings. The molecule has 0 spiro atoms. The van der Waals surface area contributed by atoms with Gasteiger partial charge < -0.3 is 9.73 Å². The lowest BCUT2D eigenvalue weighted by atomic mass is 9.88. The molecule has 4 rings (SSSR count). The highest BCUT2D eigenvalue weighted by Crippen LogP contribution is 2.41. The van der Waals surface area contributed by atoms with E-state index in [9.17, 15) is 17.6 Å². The van der Waals surface area contributed by atoms with E-state index in [0.29, 0.717) is 33.5 Å². The first kappa shape index (κ1) is 22.5. The van der Waals surface area contributed by atoms with Gasteiger partial charge in [0.1, 0.15) is 17.2 Å². The third-order valence-electron chi connectivity index (χ3n) is 6.12. The minimum absolute atomic E-state index is 0.0833. The lowest BCUT2D eigenvalue weighted by Crippen LogP contribution is -2.31. The number of carbonyl (C=O) groups is 1. The first-order chi connectivity index (χ1) is 15.2. The number of nitrogens with one attached hydrogen (secondary N) is 1. The summed E-state index contributed by atoms with van der Waals surface area (Å²) in [5.41, 5.74) is 2.89. The fraction of sp³-hybridized carbons (Fsp3) is 0.375. The summed E-state index contributed by atoms with van der Waals surface area (Å²) in [6.07, 6.45) is 3.35. The van der Waals surface area contributed by atoms with Crippen molar-refractivity contribution in [1.29, 1.82) is 0 Å². The van der Waals surface area contributed by atoms with Crippen LogP contribution in [0.3, 0.4) is 0 Å². The average molecular weight is 459 g/mol. The fourth-order valence-corrected chi connectivity index (χ4v) is 4.82. The summed E-state index contributed by atoms with van der Waals surface area (Å²) < 4.78 is 45.6. The van der Waals surface area contributed by atoms with Crippen molar-refractivity contribution in [2.24, 2.45) is 0 Å². The van der Waals surface area contributed by atoms with E-state index in [1.54, 1.807) is 25.1 Å². The molecule has 1 N–H and O–H groups in total. The van der Waals surface area contributed by atoms with E-state index in [-0.39, 0.29) is 23.9 Å². The molecule has 0 saturated carbocycles. The van der Waals surface area contributed by atoms with Gasteiger partial charge in [-0.1, -0.05) is 6.92 Å². The molecule has 1 fully saturated rings. The van der Waals surface area contributed by atoms with Crippen LogP contribution in [0.4, 0.5) is 10.1 Å². The number of rotatable bonds is 6. The summed E-state index contributed by atoms with van der Waals surface area (Å²) in [5.74, 6) is 0.0252. The average Bonchev–Trinajstić information content (AvgIpc) is 3.16. The number of Topliss-reactive ketones (excluding diaryl/α,β-unsaturated/α-hetero) is 1. The molecule has 1 saturated heterocycles. The third kappa shape index (κ3) is 4.17. The van der Waals surface area contributed by atoms with E-state index in [2.05, 4.69) is 5.32 Å². The predicted molar refractivity (Wildman–Crippen MR) is 124 cm³/mol. The van der Waals surface area contributed by atoms with E-state index in [1.165, 1.54) is 23.5 Å². The molecule has 1 aliphatic rings. The van der Waals surface area contributed by atoms with Crippen LogP contribution in [-0.4, -0.2) is 40.6 Å². The number of furan rings is 1. The number of benzene rings is 2. The number of carbonyl (C=O) groups excluding carboxylic acids is 1. The van der Waals surface area contributed by atoms with Crippen molar-refractivity contribution in [3.63, 3.8) is 0 Å². The molecule has 0 unspecified atom stereocenters. The number of hydrogen-bond acceptors (Lipinski definition) is 5. The number of piperidine rings is 1. The van der Waals surface area contributed by atoms with Gasteiger partial charge in [-0.2, -0.15) is 0 Å². The van der Waals surface area contributed by atoms with Gasteiger partial charge in [0.15, 0.2) is 5.78 Å². The van der Waals surface area contributed by atoms with Crippen molar-refractivity contribution in [2.75, 3.05) is 30.7 Å². The first-order valence-corrected chi connectivity index (χ1v) is 12.6. The van der Waals surface area contributed by atoms with Crippen molar-refractivity contribution in [3.05, 3.63) is 53.3 Å². The number of ketones is 1. The Bertz CT molecular complexity index is 1260. The second kappa shape index (κ2) is 8.67. The van der Waals surface area contributed by atoms with Crippen LogP contribution in [0.25, 0.3) is 22.3 Å². The highest BCUT2D eigenvalue weighted by molar-refractivity contribution is 7.92. The Morgan fingerprint density at radius 2 is 1.97 bits per heavy atom. The Morgan fingerprint density at radius 3 is 2.56 bits per heavy atom. The highest BCUT2D eigenvalue weighted by atomic mass is 32.2. The topological polar surface area (TPSA) is 79.6 Å². The summed E-state index contributed by atoms with van der Waals surface area (Å²) in [6, 6.07) is 9.42. The standard InChI is InChI=1S/C24H27FN2O4S/c1-4-21(28)23-19-12-18(16-6-5-11-26-14-16)20(27(2)32(3,29)30)13-22(19)31-24(23)15-7-9-17(25)10-8-15/h7-10,12-13,16,26H,4-6,11,14H2,1-3H3/t16-/m1/s1. The van der Waals surface area contributed by atoms with Crippen molar-refractivity contribution in [1.82, 2.24) is 5.32 Å². The van der Waals surface area contributed by atoms with Crippen LogP contribution < -0.4 is 9.62 Å². The first-order valence-electron chi connectivity index (χ1n) is 10.7. The molecular weight excluding hydrogens is 431 g/mol. The second-order valence-electron chi connectivity index (χ2n) is 8.27. The molecule has 8 heteroatoms. The summed E-state index contributed by atoms with van der Waals surface area (Å²) in [7, 11) is -1.98. The molecule has 32 heavy (non-hydrogen) atoms. The van der Waals surface area contributed by atoms with Crippen molar-refractivity contribution >= 4 is 32.5 Å². The summed E-state index contributed by atoms with van der Waals surface area (Å²) >= 11 is 0. The molecule has 2 aromatic carbocycles. The Hall–Kier alpha value is -2.71. The molecule has 2 heterocycles. The fourth-order valence-electron chi connectivity index (χ4n) is 4.30. The molecule has 0 aliphatic carbocycles. The van der Waals surface area contributed by atoms with Gasteiger partial charge in [-0.25, -0.2) is 12.8 Å². The van der Waals surface area contributed by atoms with Crippen LogP contribution in [0.15, 0.2) is 40.8 Å². The van der Waals surface area contributed by atoms with Gasteiger partial charge in [-0.05, 0) is 61.2 Å². The van der Waals surface area contributed by atoms with Gasteiger partial charge in [0, 0.05) is 37.0 Å². The monoisotopic (exact) mass is 458 g/mol. The number of nitrogens with zero attached hydrogens (tertiary/aromatic N) is 1. The minimum Gasteiger partial charge on any atom is -0.455 e. The maximum atomic E-state index is 13.5. The maximum absolute atomic E-state index is 13.5. The Kier molecular flexibility index (Phi) is 6.09. The van der Waals surface area contributed by atoms with Gasteiger partial charge in [-0.15, -0.1) is 0 Å². The van der Waals surface area contributed by atoms with Crippen LogP contribution >= 0.6 is 0 Å². The van der Waals surface area contributed by atoms with E-state index in [4.69, 9.17) is 4.42 Å². The van der Waals surface area contributed by atoms with Crippen LogP contribution in [0.1, 0.15) is 48.0 Å². The van der Waals surface area contributed by atoms with Crippen LogP contribution in [0.5, 0.6) is 0 Å². The highest BCUT2D eigenvalue weighted by Gasteiger charge is 2.28. The molecule has 1 aliphatic heterocycles. The Balaban J connectivity index is 2.00. The molecule has 0 amide bonds.